The summed E-state index contributed by atoms with van der Waals surface area (Å²) in [6.07, 6.45) is 0. The number of carbonyl (C=O) groups is 1. The number of phenols is 1. The zero-order valence-corrected chi connectivity index (χ0v) is 13.7. The SMILES string of the molecule is O=C(O)c1ccc(NCc2c(O)ccc3cc(Br)ccc23)cc1. The van der Waals surface area contributed by atoms with Crippen molar-refractivity contribution in [3.05, 3.63) is 70.2 Å². The van der Waals surface area contributed by atoms with E-state index in [0.717, 1.165) is 26.5 Å². The van der Waals surface area contributed by atoms with E-state index >= 15 is 0 Å². The van der Waals surface area contributed by atoms with Crippen molar-refractivity contribution in [1.82, 2.24) is 0 Å². The van der Waals surface area contributed by atoms with Gasteiger partial charge in [0.25, 0.3) is 0 Å². The topological polar surface area (TPSA) is 69.6 Å². The van der Waals surface area contributed by atoms with Crippen molar-refractivity contribution < 1.29 is 15.0 Å². The Labute approximate surface area is 141 Å². The lowest BCUT2D eigenvalue weighted by atomic mass is 10.0. The van der Waals surface area contributed by atoms with E-state index in [9.17, 15) is 9.90 Å². The van der Waals surface area contributed by atoms with Gasteiger partial charge in [-0.1, -0.05) is 28.1 Å². The fourth-order valence-electron chi connectivity index (χ4n) is 2.46. The van der Waals surface area contributed by atoms with Crippen molar-refractivity contribution in [3.8, 4) is 5.75 Å². The van der Waals surface area contributed by atoms with Crippen LogP contribution in [0.2, 0.25) is 0 Å². The molecule has 3 aromatic rings. The van der Waals surface area contributed by atoms with Gasteiger partial charge in [0.2, 0.25) is 0 Å². The van der Waals surface area contributed by atoms with E-state index in [0.29, 0.717) is 6.54 Å². The molecule has 0 aliphatic carbocycles. The lowest BCUT2D eigenvalue weighted by Crippen LogP contribution is -2.02. The van der Waals surface area contributed by atoms with Gasteiger partial charge in [-0.05, 0) is 53.2 Å². The second-order valence-corrected chi connectivity index (χ2v) is 6.08. The first kappa shape index (κ1) is 15.4. The van der Waals surface area contributed by atoms with E-state index < -0.39 is 5.97 Å². The molecule has 4 nitrogen and oxygen atoms in total. The van der Waals surface area contributed by atoms with Crippen LogP contribution in [0.25, 0.3) is 10.8 Å². The molecule has 3 aromatic carbocycles. The predicted octanol–water partition coefficient (Wildman–Crippen LogP) is 4.62. The van der Waals surface area contributed by atoms with E-state index in [1.807, 2.05) is 24.3 Å². The third-order valence-electron chi connectivity index (χ3n) is 3.67. The van der Waals surface area contributed by atoms with Crippen molar-refractivity contribution >= 4 is 38.4 Å². The molecule has 23 heavy (non-hydrogen) atoms. The summed E-state index contributed by atoms with van der Waals surface area (Å²) >= 11 is 3.44. The summed E-state index contributed by atoms with van der Waals surface area (Å²) < 4.78 is 0.985. The number of nitrogens with one attached hydrogen (secondary N) is 1. The summed E-state index contributed by atoms with van der Waals surface area (Å²) in [5, 5.41) is 24.3. The maximum Gasteiger partial charge on any atom is 0.335 e. The van der Waals surface area contributed by atoms with Gasteiger partial charge in [0.15, 0.2) is 0 Å². The molecule has 0 amide bonds. The van der Waals surface area contributed by atoms with Crippen molar-refractivity contribution in [1.29, 1.82) is 0 Å². The largest absolute Gasteiger partial charge is 0.508 e. The number of phenolic OH excluding ortho intramolecular Hbond substituents is 1. The Morgan fingerprint density at radius 3 is 2.48 bits per heavy atom. The summed E-state index contributed by atoms with van der Waals surface area (Å²) in [6.45, 7) is 0.442. The molecule has 0 bridgehead atoms. The van der Waals surface area contributed by atoms with Crippen molar-refractivity contribution in [2.24, 2.45) is 0 Å². The average molecular weight is 372 g/mol. The maximum absolute atomic E-state index is 10.9. The van der Waals surface area contributed by atoms with Gasteiger partial charge in [-0.15, -0.1) is 0 Å². The third-order valence-corrected chi connectivity index (χ3v) is 4.16. The summed E-state index contributed by atoms with van der Waals surface area (Å²) in [4.78, 5) is 10.9. The number of halogens is 1. The van der Waals surface area contributed by atoms with Crippen LogP contribution >= 0.6 is 15.9 Å². The Bertz CT molecular complexity index is 875. The highest BCUT2D eigenvalue weighted by molar-refractivity contribution is 9.10. The van der Waals surface area contributed by atoms with Gasteiger partial charge in [-0.3, -0.25) is 0 Å². The number of aromatic carboxylic acids is 1. The molecule has 0 heterocycles. The Kier molecular flexibility index (Phi) is 4.21. The molecule has 0 atom stereocenters. The average Bonchev–Trinajstić information content (AvgIpc) is 2.54. The first-order valence-electron chi connectivity index (χ1n) is 7.02. The lowest BCUT2D eigenvalue weighted by Gasteiger charge is -2.12. The van der Waals surface area contributed by atoms with Crippen LogP contribution in [0.5, 0.6) is 5.75 Å². The molecular formula is C18H14BrNO3. The molecule has 116 valence electrons. The fraction of sp³-hybridized carbons (Fsp3) is 0.0556. The standard InChI is InChI=1S/C18H14BrNO3/c19-13-4-7-15-12(9-13)3-8-17(21)16(15)10-20-14-5-1-11(2-6-14)18(22)23/h1-9,20-21H,10H2,(H,22,23). The van der Waals surface area contributed by atoms with Crippen LogP contribution in [0, 0.1) is 0 Å². The monoisotopic (exact) mass is 371 g/mol. The minimum atomic E-state index is -0.950. The molecule has 0 fully saturated rings. The Hall–Kier alpha value is -2.53. The van der Waals surface area contributed by atoms with Crippen molar-refractivity contribution in [2.75, 3.05) is 5.32 Å². The number of aromatic hydroxyl groups is 1. The van der Waals surface area contributed by atoms with E-state index in [4.69, 9.17) is 5.11 Å². The zero-order valence-electron chi connectivity index (χ0n) is 12.1. The number of carboxylic acids is 1. The first-order chi connectivity index (χ1) is 11.0. The summed E-state index contributed by atoms with van der Waals surface area (Å²) in [5.74, 6) is -0.719. The number of anilines is 1. The number of rotatable bonds is 4. The fourth-order valence-corrected chi connectivity index (χ4v) is 2.84. The second kappa shape index (κ2) is 6.30. The third kappa shape index (κ3) is 3.29. The zero-order chi connectivity index (χ0) is 16.4. The van der Waals surface area contributed by atoms with Crippen LogP contribution in [0.4, 0.5) is 5.69 Å². The number of fused-ring (bicyclic) bond motifs is 1. The van der Waals surface area contributed by atoms with Crippen LogP contribution < -0.4 is 5.32 Å². The Balaban J connectivity index is 1.86. The van der Waals surface area contributed by atoms with Gasteiger partial charge in [-0.25, -0.2) is 4.79 Å². The Morgan fingerprint density at radius 1 is 1.04 bits per heavy atom. The number of benzene rings is 3. The van der Waals surface area contributed by atoms with Crippen LogP contribution in [-0.2, 0) is 6.54 Å². The van der Waals surface area contributed by atoms with E-state index in [1.54, 1.807) is 30.3 Å². The van der Waals surface area contributed by atoms with Crippen LogP contribution in [0.1, 0.15) is 15.9 Å². The minimum absolute atomic E-state index is 0.231. The van der Waals surface area contributed by atoms with Crippen molar-refractivity contribution in [3.63, 3.8) is 0 Å². The number of carboxylic acid groups (broad SMARTS) is 1. The molecule has 3 N–H and O–H groups in total. The molecule has 0 radical (unpaired) electrons. The molecule has 0 saturated heterocycles. The predicted molar refractivity (Wildman–Crippen MR) is 94.0 cm³/mol. The molecular weight excluding hydrogens is 358 g/mol. The quantitative estimate of drug-likeness (QED) is 0.625. The van der Waals surface area contributed by atoms with E-state index in [2.05, 4.69) is 21.2 Å². The van der Waals surface area contributed by atoms with Gasteiger partial charge < -0.3 is 15.5 Å². The molecule has 5 heteroatoms. The Morgan fingerprint density at radius 2 is 1.78 bits per heavy atom. The molecule has 0 unspecified atom stereocenters. The van der Waals surface area contributed by atoms with Crippen LogP contribution in [0.3, 0.4) is 0 Å². The van der Waals surface area contributed by atoms with Gasteiger partial charge in [0, 0.05) is 22.3 Å². The molecule has 0 spiro atoms. The first-order valence-corrected chi connectivity index (χ1v) is 7.81. The molecule has 0 aliphatic rings. The van der Waals surface area contributed by atoms with Gasteiger partial charge in [0.1, 0.15) is 5.75 Å². The normalized spacial score (nSPS) is 10.7. The summed E-state index contributed by atoms with van der Waals surface area (Å²) in [6, 6.07) is 16.0. The lowest BCUT2D eigenvalue weighted by molar-refractivity contribution is 0.0697. The number of hydrogen-bond acceptors (Lipinski definition) is 3. The van der Waals surface area contributed by atoms with Gasteiger partial charge in [0.05, 0.1) is 5.56 Å². The molecule has 0 saturated carbocycles. The molecule has 0 aromatic heterocycles. The summed E-state index contributed by atoms with van der Waals surface area (Å²) in [5.41, 5.74) is 1.84. The molecule has 0 aliphatic heterocycles. The van der Waals surface area contributed by atoms with Crippen LogP contribution in [0.15, 0.2) is 59.1 Å². The highest BCUT2D eigenvalue weighted by Crippen LogP contribution is 2.30. The van der Waals surface area contributed by atoms with Crippen LogP contribution in [-0.4, -0.2) is 16.2 Å². The van der Waals surface area contributed by atoms with Gasteiger partial charge >= 0.3 is 5.97 Å². The number of hydrogen-bond donors (Lipinski definition) is 3. The van der Waals surface area contributed by atoms with Gasteiger partial charge in [-0.2, -0.15) is 0 Å². The maximum atomic E-state index is 10.9. The highest BCUT2D eigenvalue weighted by Gasteiger charge is 2.08. The molecule has 3 rings (SSSR count). The summed E-state index contributed by atoms with van der Waals surface area (Å²) in [7, 11) is 0. The highest BCUT2D eigenvalue weighted by atomic mass is 79.9. The van der Waals surface area contributed by atoms with Crippen molar-refractivity contribution in [2.45, 2.75) is 6.54 Å². The smallest absolute Gasteiger partial charge is 0.335 e. The minimum Gasteiger partial charge on any atom is -0.508 e. The van der Waals surface area contributed by atoms with E-state index in [1.165, 1.54) is 0 Å². The van der Waals surface area contributed by atoms with E-state index in [-0.39, 0.29) is 11.3 Å². The second-order valence-electron chi connectivity index (χ2n) is 5.16.